The number of fused-ring (bicyclic) bond motifs is 5. The van der Waals surface area contributed by atoms with E-state index in [1.165, 1.54) is 19.3 Å². The second-order valence-electron chi connectivity index (χ2n) is 9.30. The van der Waals surface area contributed by atoms with Crippen molar-refractivity contribution >= 4 is 27.8 Å². The van der Waals surface area contributed by atoms with Gasteiger partial charge in [-0.05, 0) is 48.3 Å². The summed E-state index contributed by atoms with van der Waals surface area (Å²) in [6, 6.07) is 6.66. The van der Waals surface area contributed by atoms with Crippen molar-refractivity contribution < 1.29 is 4.74 Å². The predicted molar refractivity (Wildman–Crippen MR) is 105 cm³/mol. The van der Waals surface area contributed by atoms with Crippen molar-refractivity contribution in [3.05, 3.63) is 24.5 Å². The zero-order chi connectivity index (χ0) is 18.1. The molecule has 2 aliphatic rings. The van der Waals surface area contributed by atoms with Gasteiger partial charge in [-0.15, -0.1) is 0 Å². The molecule has 1 saturated heterocycles. The molecular formula is C21H26N4O. The predicted octanol–water partition coefficient (Wildman–Crippen LogP) is 4.52. The highest BCUT2D eigenvalue weighted by atomic mass is 16.5. The van der Waals surface area contributed by atoms with E-state index in [-0.39, 0.29) is 0 Å². The molecule has 0 spiro atoms. The summed E-state index contributed by atoms with van der Waals surface area (Å²) in [5.41, 5.74) is 3.88. The number of ether oxygens (including phenoxy) is 1. The average Bonchev–Trinajstić information content (AvgIpc) is 3.07. The van der Waals surface area contributed by atoms with Gasteiger partial charge in [0.2, 0.25) is 0 Å². The van der Waals surface area contributed by atoms with Gasteiger partial charge in [-0.2, -0.15) is 0 Å². The minimum Gasteiger partial charge on any atom is -0.497 e. The topological polar surface area (TPSA) is 54.0 Å². The van der Waals surface area contributed by atoms with Crippen LogP contribution in [-0.4, -0.2) is 34.6 Å². The van der Waals surface area contributed by atoms with Crippen LogP contribution in [0.3, 0.4) is 0 Å². The maximum atomic E-state index is 5.40. The number of aromatic nitrogens is 3. The van der Waals surface area contributed by atoms with Gasteiger partial charge in [0.1, 0.15) is 23.1 Å². The molecule has 0 unspecified atom stereocenters. The maximum Gasteiger partial charge on any atom is 0.156 e. The van der Waals surface area contributed by atoms with Crippen molar-refractivity contribution in [1.82, 2.24) is 15.0 Å². The zero-order valence-electron chi connectivity index (χ0n) is 16.0. The first kappa shape index (κ1) is 15.9. The van der Waals surface area contributed by atoms with Crippen molar-refractivity contribution in [3.63, 3.8) is 0 Å². The van der Waals surface area contributed by atoms with Crippen LogP contribution in [0.25, 0.3) is 21.9 Å². The highest BCUT2D eigenvalue weighted by Crippen LogP contribution is 2.53. The van der Waals surface area contributed by atoms with Gasteiger partial charge >= 0.3 is 0 Å². The van der Waals surface area contributed by atoms with Crippen LogP contribution >= 0.6 is 0 Å². The molecule has 136 valence electrons. The lowest BCUT2D eigenvalue weighted by Gasteiger charge is -2.39. The lowest BCUT2D eigenvalue weighted by atomic mass is 9.65. The molecule has 1 aliphatic heterocycles. The summed E-state index contributed by atoms with van der Waals surface area (Å²) in [4.78, 5) is 15.4. The summed E-state index contributed by atoms with van der Waals surface area (Å²) >= 11 is 0. The molecule has 2 bridgehead atoms. The lowest BCUT2D eigenvalue weighted by Crippen LogP contribution is -2.35. The van der Waals surface area contributed by atoms with E-state index in [2.05, 4.69) is 47.8 Å². The van der Waals surface area contributed by atoms with Crippen molar-refractivity contribution in [2.24, 2.45) is 10.8 Å². The Morgan fingerprint density at radius 2 is 2.04 bits per heavy atom. The Morgan fingerprint density at radius 3 is 2.85 bits per heavy atom. The third-order valence-electron chi connectivity index (χ3n) is 6.26. The number of rotatable bonds is 2. The normalized spacial score (nSPS) is 27.4. The van der Waals surface area contributed by atoms with Crippen molar-refractivity contribution in [2.45, 2.75) is 46.1 Å². The molecule has 26 heavy (non-hydrogen) atoms. The number of benzene rings is 1. The molecule has 1 aliphatic carbocycles. The second kappa shape index (κ2) is 5.12. The van der Waals surface area contributed by atoms with Crippen LogP contribution in [0.4, 0.5) is 5.82 Å². The van der Waals surface area contributed by atoms with Gasteiger partial charge in [0.25, 0.3) is 0 Å². The standard InChI is InChI=1S/C21H26N4O/c1-20(2)8-13-9-21(3,10-20)11-25(13)19-18-17(22-12-23-19)15-7-14(26-4)5-6-16(15)24-18/h5-7,12-13,24H,8-11H2,1-4H3/t13-,21+/m0/s1. The van der Waals surface area contributed by atoms with E-state index in [4.69, 9.17) is 9.72 Å². The van der Waals surface area contributed by atoms with Gasteiger partial charge in [-0.25, -0.2) is 9.97 Å². The molecule has 5 nitrogen and oxygen atoms in total. The van der Waals surface area contributed by atoms with Gasteiger partial charge in [0.15, 0.2) is 5.82 Å². The first-order valence-corrected chi connectivity index (χ1v) is 9.45. The van der Waals surface area contributed by atoms with Crippen LogP contribution in [0.2, 0.25) is 0 Å². The maximum absolute atomic E-state index is 5.40. The molecule has 2 atom stereocenters. The molecule has 2 fully saturated rings. The smallest absolute Gasteiger partial charge is 0.156 e. The highest BCUT2D eigenvalue weighted by Gasteiger charge is 2.50. The summed E-state index contributed by atoms with van der Waals surface area (Å²) in [7, 11) is 1.70. The summed E-state index contributed by atoms with van der Waals surface area (Å²) in [6.07, 6.45) is 5.48. The number of aromatic amines is 1. The summed E-state index contributed by atoms with van der Waals surface area (Å²) in [6.45, 7) is 8.33. The Balaban J connectivity index is 1.66. The molecule has 1 N–H and O–H groups in total. The molecule has 1 aromatic carbocycles. The fourth-order valence-corrected chi connectivity index (χ4v) is 5.71. The van der Waals surface area contributed by atoms with Gasteiger partial charge < -0.3 is 14.6 Å². The third-order valence-corrected chi connectivity index (χ3v) is 6.26. The minimum absolute atomic E-state index is 0.374. The number of nitrogens with one attached hydrogen (secondary N) is 1. The summed E-state index contributed by atoms with van der Waals surface area (Å²) < 4.78 is 5.40. The van der Waals surface area contributed by atoms with Crippen LogP contribution in [0.5, 0.6) is 5.75 Å². The minimum atomic E-state index is 0.374. The van der Waals surface area contributed by atoms with Crippen LogP contribution in [0, 0.1) is 10.8 Å². The lowest BCUT2D eigenvalue weighted by molar-refractivity contribution is 0.136. The first-order valence-electron chi connectivity index (χ1n) is 9.45. The van der Waals surface area contributed by atoms with Crippen LogP contribution < -0.4 is 9.64 Å². The Labute approximate surface area is 153 Å². The van der Waals surface area contributed by atoms with E-state index >= 15 is 0 Å². The fraction of sp³-hybridized carbons (Fsp3) is 0.524. The van der Waals surface area contributed by atoms with E-state index in [1.807, 2.05) is 6.07 Å². The summed E-state index contributed by atoms with van der Waals surface area (Å²) in [5.74, 6) is 1.90. The molecule has 0 radical (unpaired) electrons. The van der Waals surface area contributed by atoms with Gasteiger partial charge in [0, 0.05) is 23.5 Å². The largest absolute Gasteiger partial charge is 0.497 e. The monoisotopic (exact) mass is 350 g/mol. The Hall–Kier alpha value is -2.30. The van der Waals surface area contributed by atoms with Crippen molar-refractivity contribution in [1.29, 1.82) is 0 Å². The van der Waals surface area contributed by atoms with Crippen LogP contribution in [-0.2, 0) is 0 Å². The van der Waals surface area contributed by atoms with Crippen LogP contribution in [0.1, 0.15) is 40.0 Å². The number of methoxy groups -OCH3 is 1. The second-order valence-corrected chi connectivity index (χ2v) is 9.30. The molecular weight excluding hydrogens is 324 g/mol. The molecule has 5 rings (SSSR count). The van der Waals surface area contributed by atoms with Gasteiger partial charge in [-0.3, -0.25) is 0 Å². The number of hydrogen-bond donors (Lipinski definition) is 1. The number of nitrogens with zero attached hydrogens (tertiary/aromatic N) is 3. The molecule has 3 heterocycles. The summed E-state index contributed by atoms with van der Waals surface area (Å²) in [5, 5.41) is 1.09. The van der Waals surface area contributed by atoms with Crippen molar-refractivity contribution in [3.8, 4) is 5.75 Å². The van der Waals surface area contributed by atoms with E-state index < -0.39 is 0 Å². The van der Waals surface area contributed by atoms with Gasteiger partial charge in [-0.1, -0.05) is 20.8 Å². The van der Waals surface area contributed by atoms with Crippen molar-refractivity contribution in [2.75, 3.05) is 18.6 Å². The molecule has 2 aromatic heterocycles. The van der Waals surface area contributed by atoms with Crippen LogP contribution in [0.15, 0.2) is 24.5 Å². The molecule has 5 heteroatoms. The van der Waals surface area contributed by atoms with E-state index in [0.29, 0.717) is 16.9 Å². The fourth-order valence-electron chi connectivity index (χ4n) is 5.71. The SMILES string of the molecule is COc1ccc2[nH]c3c(N4C[C@]5(C)C[C@@H]4CC(C)(C)C5)ncnc3c2c1. The quantitative estimate of drug-likeness (QED) is 0.738. The van der Waals surface area contributed by atoms with E-state index in [0.717, 1.165) is 40.0 Å². The van der Waals surface area contributed by atoms with E-state index in [9.17, 15) is 0 Å². The third kappa shape index (κ3) is 2.29. The number of hydrogen-bond acceptors (Lipinski definition) is 4. The van der Waals surface area contributed by atoms with E-state index in [1.54, 1.807) is 13.4 Å². The number of H-pyrrole nitrogens is 1. The Bertz CT molecular complexity index is 1010. The molecule has 1 saturated carbocycles. The average molecular weight is 350 g/mol. The molecule has 0 amide bonds. The van der Waals surface area contributed by atoms with Gasteiger partial charge in [0.05, 0.1) is 7.11 Å². The molecule has 3 aromatic rings. The zero-order valence-corrected chi connectivity index (χ0v) is 16.0. The Kier molecular flexibility index (Phi) is 3.13. The highest BCUT2D eigenvalue weighted by molar-refractivity contribution is 6.08. The first-order chi connectivity index (χ1) is 12.4. The number of anilines is 1. The Morgan fingerprint density at radius 1 is 1.19 bits per heavy atom.